The maximum absolute atomic E-state index is 13.3. The van der Waals surface area contributed by atoms with Gasteiger partial charge in [-0.2, -0.15) is 0 Å². The third kappa shape index (κ3) is 3.74. The van der Waals surface area contributed by atoms with E-state index in [0.29, 0.717) is 6.61 Å². The number of aliphatic hydroxyl groups excluding tert-OH is 1. The van der Waals surface area contributed by atoms with Gasteiger partial charge in [0.2, 0.25) is 0 Å². The van der Waals surface area contributed by atoms with Gasteiger partial charge < -0.3 is 14.3 Å². The number of rotatable bonds is 3. The Hall–Kier alpha value is 0.0269. The van der Waals surface area contributed by atoms with E-state index in [-0.39, 0.29) is 18.1 Å². The molecule has 0 aliphatic carbocycles. The predicted molar refractivity (Wildman–Crippen MR) is 68.4 cm³/mol. The molecule has 0 bridgehead atoms. The number of alkyl halides is 1. The van der Waals surface area contributed by atoms with Crippen molar-refractivity contribution in [3.05, 3.63) is 0 Å². The van der Waals surface area contributed by atoms with E-state index in [1.54, 1.807) is 0 Å². The Morgan fingerprint density at radius 3 is 2.53 bits per heavy atom. The summed E-state index contributed by atoms with van der Waals surface area (Å²) in [4.78, 5) is 0. The van der Waals surface area contributed by atoms with Gasteiger partial charge in [-0.1, -0.05) is 20.8 Å². The highest BCUT2D eigenvalue weighted by Crippen LogP contribution is 2.36. The van der Waals surface area contributed by atoms with E-state index in [0.717, 1.165) is 0 Å². The zero-order valence-electron chi connectivity index (χ0n) is 11.5. The molecule has 0 aromatic heterocycles. The van der Waals surface area contributed by atoms with Gasteiger partial charge in [-0.25, -0.2) is 4.39 Å². The third-order valence-electron chi connectivity index (χ3n) is 3.89. The third-order valence-corrected chi connectivity index (χ3v) is 8.39. The van der Waals surface area contributed by atoms with E-state index in [1.165, 1.54) is 0 Å². The zero-order chi connectivity index (χ0) is 13.3. The summed E-state index contributed by atoms with van der Waals surface area (Å²) in [5.41, 5.74) is 0. The molecule has 1 heterocycles. The lowest BCUT2D eigenvalue weighted by Gasteiger charge is -2.39. The first-order chi connectivity index (χ1) is 7.65. The summed E-state index contributed by atoms with van der Waals surface area (Å²) in [5, 5.41) is 9.79. The van der Waals surface area contributed by atoms with Gasteiger partial charge in [0.15, 0.2) is 8.32 Å². The van der Waals surface area contributed by atoms with Crippen LogP contribution in [0.3, 0.4) is 0 Å². The van der Waals surface area contributed by atoms with Crippen LogP contribution < -0.4 is 0 Å². The molecule has 0 aromatic rings. The van der Waals surface area contributed by atoms with Crippen LogP contribution in [-0.4, -0.2) is 45.0 Å². The van der Waals surface area contributed by atoms with Gasteiger partial charge in [-0.05, 0) is 18.1 Å². The molecule has 5 heteroatoms. The Labute approximate surface area is 104 Å². The number of hydrogen-bond donors (Lipinski definition) is 1. The molecule has 1 fully saturated rings. The number of halogens is 1. The van der Waals surface area contributed by atoms with E-state index in [9.17, 15) is 9.50 Å². The summed E-state index contributed by atoms with van der Waals surface area (Å²) < 4.78 is 24.6. The Balaban J connectivity index is 2.50. The molecule has 1 rings (SSSR count). The van der Waals surface area contributed by atoms with E-state index < -0.39 is 26.7 Å². The minimum Gasteiger partial charge on any atom is -0.414 e. The van der Waals surface area contributed by atoms with Crippen LogP contribution in [0.4, 0.5) is 4.39 Å². The van der Waals surface area contributed by atoms with Crippen LogP contribution in [0.25, 0.3) is 0 Å². The summed E-state index contributed by atoms with van der Waals surface area (Å²) >= 11 is 0. The first-order valence-electron chi connectivity index (χ1n) is 6.23. The smallest absolute Gasteiger partial charge is 0.192 e. The van der Waals surface area contributed by atoms with Crippen LogP contribution in [-0.2, 0) is 9.16 Å². The molecule has 1 aliphatic heterocycles. The van der Waals surface area contributed by atoms with E-state index >= 15 is 0 Å². The van der Waals surface area contributed by atoms with Crippen molar-refractivity contribution >= 4 is 8.32 Å². The molecule has 102 valence electrons. The van der Waals surface area contributed by atoms with Crippen molar-refractivity contribution in [1.29, 1.82) is 0 Å². The van der Waals surface area contributed by atoms with Crippen LogP contribution >= 0.6 is 0 Å². The monoisotopic (exact) mass is 264 g/mol. The zero-order valence-corrected chi connectivity index (χ0v) is 12.5. The molecule has 1 aliphatic rings. The van der Waals surface area contributed by atoms with E-state index in [1.807, 2.05) is 0 Å². The average Bonchev–Trinajstić information content (AvgIpc) is 2.18. The highest BCUT2D eigenvalue weighted by atomic mass is 28.4. The van der Waals surface area contributed by atoms with Crippen molar-refractivity contribution in [2.45, 2.75) is 63.7 Å². The van der Waals surface area contributed by atoms with Crippen molar-refractivity contribution in [1.82, 2.24) is 0 Å². The Bertz CT molecular complexity index is 253. The standard InChI is InChI=1S/C12H25FO3Si/c1-12(2,3)17(4,5)16-8-10-11(14)9(13)6-7-15-10/h9-11,14H,6-8H2,1-5H3/t9-,10-,11+/m1/s1. The number of aliphatic hydroxyl groups is 1. The summed E-state index contributed by atoms with van der Waals surface area (Å²) in [6.45, 7) is 11.4. The lowest BCUT2D eigenvalue weighted by atomic mass is 10.0. The fraction of sp³-hybridized carbons (Fsp3) is 1.00. The minimum absolute atomic E-state index is 0.113. The Kier molecular flexibility index (Phi) is 4.74. The summed E-state index contributed by atoms with van der Waals surface area (Å²) in [6.07, 6.45) is -2.48. The second kappa shape index (κ2) is 5.34. The molecule has 0 amide bonds. The fourth-order valence-corrected chi connectivity index (χ4v) is 2.50. The second-order valence-electron chi connectivity index (χ2n) is 6.28. The second-order valence-corrected chi connectivity index (χ2v) is 11.1. The van der Waals surface area contributed by atoms with Gasteiger partial charge in [0.05, 0.1) is 13.2 Å². The van der Waals surface area contributed by atoms with Crippen LogP contribution in [0.15, 0.2) is 0 Å². The van der Waals surface area contributed by atoms with Gasteiger partial charge in [0.25, 0.3) is 0 Å². The Morgan fingerprint density at radius 1 is 1.41 bits per heavy atom. The van der Waals surface area contributed by atoms with Gasteiger partial charge in [0.1, 0.15) is 18.4 Å². The average molecular weight is 264 g/mol. The van der Waals surface area contributed by atoms with Gasteiger partial charge >= 0.3 is 0 Å². The van der Waals surface area contributed by atoms with Gasteiger partial charge in [-0.3, -0.25) is 0 Å². The van der Waals surface area contributed by atoms with Crippen molar-refractivity contribution in [2.24, 2.45) is 0 Å². The largest absolute Gasteiger partial charge is 0.414 e. The van der Waals surface area contributed by atoms with Crippen molar-refractivity contribution in [3.63, 3.8) is 0 Å². The van der Waals surface area contributed by atoms with Crippen molar-refractivity contribution in [2.75, 3.05) is 13.2 Å². The maximum Gasteiger partial charge on any atom is 0.192 e. The molecule has 0 saturated carbocycles. The predicted octanol–water partition coefficient (Wildman–Crippen LogP) is 2.50. The molecule has 0 spiro atoms. The van der Waals surface area contributed by atoms with Gasteiger partial charge in [0, 0.05) is 6.42 Å². The molecule has 1 N–H and O–H groups in total. The molecule has 0 unspecified atom stereocenters. The lowest BCUT2D eigenvalue weighted by molar-refractivity contribution is -0.125. The highest BCUT2D eigenvalue weighted by molar-refractivity contribution is 6.74. The molecule has 3 atom stereocenters. The summed E-state index contributed by atoms with van der Waals surface area (Å²) in [7, 11) is -1.85. The molecule has 0 radical (unpaired) electrons. The first kappa shape index (κ1) is 15.1. The molecule has 17 heavy (non-hydrogen) atoms. The van der Waals surface area contributed by atoms with Gasteiger partial charge in [-0.15, -0.1) is 0 Å². The van der Waals surface area contributed by atoms with Crippen LogP contribution in [0.5, 0.6) is 0 Å². The van der Waals surface area contributed by atoms with Crippen LogP contribution in [0, 0.1) is 0 Å². The first-order valence-corrected chi connectivity index (χ1v) is 9.14. The normalized spacial score (nSPS) is 31.6. The highest BCUT2D eigenvalue weighted by Gasteiger charge is 2.40. The topological polar surface area (TPSA) is 38.7 Å². The molecule has 0 aromatic carbocycles. The Morgan fingerprint density at radius 2 is 2.00 bits per heavy atom. The van der Waals surface area contributed by atoms with Crippen LogP contribution in [0.2, 0.25) is 18.1 Å². The number of hydrogen-bond acceptors (Lipinski definition) is 3. The quantitative estimate of drug-likeness (QED) is 0.796. The van der Waals surface area contributed by atoms with Crippen molar-refractivity contribution < 1.29 is 18.7 Å². The molecule has 1 saturated heterocycles. The summed E-state index contributed by atoms with van der Waals surface area (Å²) in [6, 6.07) is 0. The lowest BCUT2D eigenvalue weighted by Crippen LogP contribution is -2.49. The number of ether oxygens (including phenoxy) is 1. The summed E-state index contributed by atoms with van der Waals surface area (Å²) in [5.74, 6) is 0. The minimum atomic E-state index is -1.85. The van der Waals surface area contributed by atoms with Crippen molar-refractivity contribution in [3.8, 4) is 0 Å². The van der Waals surface area contributed by atoms with E-state index in [4.69, 9.17) is 9.16 Å². The molecular formula is C12H25FO3Si. The maximum atomic E-state index is 13.3. The SMILES string of the molecule is CC(C)(C)[Si](C)(C)OC[C@H]1OCC[C@@H](F)[C@@H]1O. The van der Waals surface area contributed by atoms with E-state index in [2.05, 4.69) is 33.9 Å². The van der Waals surface area contributed by atoms with Crippen LogP contribution in [0.1, 0.15) is 27.2 Å². The molecular weight excluding hydrogens is 239 g/mol. The fourth-order valence-electron chi connectivity index (χ4n) is 1.49. The molecule has 3 nitrogen and oxygen atoms in total.